The Kier molecular flexibility index (Phi) is 3.45. The van der Waals surface area contributed by atoms with Crippen molar-refractivity contribution in [3.63, 3.8) is 0 Å². The monoisotopic (exact) mass is 285 g/mol. The van der Waals surface area contributed by atoms with Gasteiger partial charge in [-0.2, -0.15) is 0 Å². The number of hydrogen-bond acceptors (Lipinski definition) is 1. The maximum Gasteiger partial charge on any atom is 0.242 e. The van der Waals surface area contributed by atoms with Gasteiger partial charge in [0.25, 0.3) is 0 Å². The fraction of sp³-hybridized carbons (Fsp3) is 0.235. The van der Waals surface area contributed by atoms with E-state index >= 15 is 0 Å². The lowest BCUT2D eigenvalue weighted by Crippen LogP contribution is -1.98. The maximum absolute atomic E-state index is 12.9. The average Bonchev–Trinajstić information content (AvgIpc) is 2.76. The molecule has 0 fully saturated rings. The van der Waals surface area contributed by atoms with Gasteiger partial charge in [0.05, 0.1) is 5.69 Å². The van der Waals surface area contributed by atoms with E-state index in [2.05, 4.69) is 16.0 Å². The largest absolute Gasteiger partial charge is 0.354 e. The zero-order chi connectivity index (χ0) is 15.0. The summed E-state index contributed by atoms with van der Waals surface area (Å²) in [6, 6.07) is 12.2. The predicted octanol–water partition coefficient (Wildman–Crippen LogP) is 4.45. The summed E-state index contributed by atoms with van der Waals surface area (Å²) in [6.45, 7) is 3.80. The number of aryl methyl sites for hydroxylation is 2. The van der Waals surface area contributed by atoms with Gasteiger partial charge in [-0.25, -0.2) is 8.78 Å². The van der Waals surface area contributed by atoms with Crippen LogP contribution in [0.1, 0.15) is 17.0 Å². The van der Waals surface area contributed by atoms with Crippen molar-refractivity contribution in [2.45, 2.75) is 26.7 Å². The standard InChI is InChI=1S/C17H15F2N2/c1-10-7-12(8-11(2)20-10)17-14(9-16(18)19)13-5-3-4-6-15(13)21-17/h4-8,16,21H,9H2,1-2H3. The zero-order valence-corrected chi connectivity index (χ0v) is 11.9. The Balaban J connectivity index is 2.25. The molecule has 0 aliphatic carbocycles. The molecule has 21 heavy (non-hydrogen) atoms. The first-order chi connectivity index (χ1) is 10.0. The third-order valence-electron chi connectivity index (χ3n) is 3.48. The summed E-state index contributed by atoms with van der Waals surface area (Å²) in [6.07, 6.45) is -2.65. The molecular formula is C17H15F2N2. The van der Waals surface area contributed by atoms with Crippen molar-refractivity contribution >= 4 is 10.9 Å². The number of H-pyrrole nitrogens is 1. The molecule has 2 heterocycles. The molecule has 0 bridgehead atoms. The highest BCUT2D eigenvalue weighted by Gasteiger charge is 2.17. The first-order valence-electron chi connectivity index (χ1n) is 6.79. The first-order valence-corrected chi connectivity index (χ1v) is 6.79. The summed E-state index contributed by atoms with van der Waals surface area (Å²) in [5.74, 6) is 0. The number of halogens is 2. The summed E-state index contributed by atoms with van der Waals surface area (Å²) in [7, 11) is 0. The van der Waals surface area contributed by atoms with Crippen LogP contribution in [0.4, 0.5) is 8.78 Å². The number of nitrogens with one attached hydrogen (secondary N) is 1. The summed E-state index contributed by atoms with van der Waals surface area (Å²) in [5, 5.41) is 0.805. The molecule has 107 valence electrons. The fourth-order valence-corrected chi connectivity index (χ4v) is 2.73. The van der Waals surface area contributed by atoms with Crippen LogP contribution in [-0.4, -0.2) is 16.4 Å². The van der Waals surface area contributed by atoms with Gasteiger partial charge < -0.3 is 4.98 Å². The Morgan fingerprint density at radius 3 is 2.62 bits per heavy atom. The highest BCUT2D eigenvalue weighted by molar-refractivity contribution is 5.90. The van der Waals surface area contributed by atoms with E-state index in [0.29, 0.717) is 5.56 Å². The van der Waals surface area contributed by atoms with Crippen LogP contribution >= 0.6 is 0 Å². The molecule has 0 amide bonds. The van der Waals surface area contributed by atoms with E-state index in [1.807, 2.05) is 32.0 Å². The second-order valence-corrected chi connectivity index (χ2v) is 5.18. The normalized spacial score (nSPS) is 11.5. The number of aromatic amines is 1. The number of nitrogens with zero attached hydrogens (tertiary/aromatic N) is 1. The van der Waals surface area contributed by atoms with Gasteiger partial charge in [-0.1, -0.05) is 6.07 Å². The number of fused-ring (bicyclic) bond motifs is 1. The van der Waals surface area contributed by atoms with Crippen molar-refractivity contribution < 1.29 is 8.78 Å². The number of hydrogen-bond donors (Lipinski definition) is 1. The number of alkyl halides is 2. The van der Waals surface area contributed by atoms with Crippen molar-refractivity contribution in [2.75, 3.05) is 0 Å². The van der Waals surface area contributed by atoms with E-state index in [-0.39, 0.29) is 6.42 Å². The Bertz CT molecular complexity index is 770. The minimum Gasteiger partial charge on any atom is -0.354 e. The molecule has 0 saturated heterocycles. The second kappa shape index (κ2) is 5.28. The Labute approximate surface area is 121 Å². The van der Waals surface area contributed by atoms with Crippen LogP contribution in [0, 0.1) is 19.9 Å². The van der Waals surface area contributed by atoms with Gasteiger partial charge in [-0.05, 0) is 49.7 Å². The molecule has 0 aliphatic heterocycles. The van der Waals surface area contributed by atoms with Gasteiger partial charge in [-0.3, -0.25) is 4.98 Å². The molecule has 4 heteroatoms. The van der Waals surface area contributed by atoms with Gasteiger partial charge in [0.15, 0.2) is 0 Å². The summed E-state index contributed by atoms with van der Waals surface area (Å²) in [4.78, 5) is 7.60. The van der Waals surface area contributed by atoms with E-state index in [0.717, 1.165) is 33.5 Å². The second-order valence-electron chi connectivity index (χ2n) is 5.18. The molecule has 3 aromatic rings. The van der Waals surface area contributed by atoms with Gasteiger partial charge in [0.1, 0.15) is 0 Å². The van der Waals surface area contributed by atoms with Gasteiger partial charge in [0, 0.05) is 34.3 Å². The maximum atomic E-state index is 12.9. The van der Waals surface area contributed by atoms with E-state index in [1.54, 1.807) is 12.1 Å². The van der Waals surface area contributed by atoms with Crippen molar-refractivity contribution in [3.8, 4) is 11.3 Å². The SMILES string of the molecule is Cc1cc(-c2[nH]c3cc[c]cc3c2CC(F)F)cc(C)n1. The quantitative estimate of drug-likeness (QED) is 0.756. The molecular weight excluding hydrogens is 270 g/mol. The Morgan fingerprint density at radius 1 is 1.24 bits per heavy atom. The zero-order valence-electron chi connectivity index (χ0n) is 11.9. The number of pyridine rings is 1. The van der Waals surface area contributed by atoms with Crippen molar-refractivity contribution in [1.82, 2.24) is 9.97 Å². The first kappa shape index (κ1) is 13.7. The molecule has 0 atom stereocenters. The van der Waals surface area contributed by atoms with Crippen LogP contribution in [0.5, 0.6) is 0 Å². The highest BCUT2D eigenvalue weighted by Crippen LogP contribution is 2.32. The molecule has 1 radical (unpaired) electrons. The molecule has 1 N–H and O–H groups in total. The number of aromatic nitrogens is 2. The molecule has 1 aromatic carbocycles. The van der Waals surface area contributed by atoms with Crippen molar-refractivity contribution in [3.05, 3.63) is 53.3 Å². The van der Waals surface area contributed by atoms with Crippen molar-refractivity contribution in [2.24, 2.45) is 0 Å². The summed E-state index contributed by atoms with van der Waals surface area (Å²) in [5.41, 5.74) is 4.88. The average molecular weight is 285 g/mol. The predicted molar refractivity (Wildman–Crippen MR) is 79.5 cm³/mol. The van der Waals surface area contributed by atoms with E-state index in [9.17, 15) is 8.78 Å². The lowest BCUT2D eigenvalue weighted by molar-refractivity contribution is 0.149. The van der Waals surface area contributed by atoms with Gasteiger partial charge in [-0.15, -0.1) is 0 Å². The third-order valence-corrected chi connectivity index (χ3v) is 3.48. The van der Waals surface area contributed by atoms with Gasteiger partial charge >= 0.3 is 0 Å². The molecule has 0 spiro atoms. The summed E-state index contributed by atoms with van der Waals surface area (Å²) < 4.78 is 25.9. The van der Waals surface area contributed by atoms with Crippen molar-refractivity contribution in [1.29, 1.82) is 0 Å². The highest BCUT2D eigenvalue weighted by atomic mass is 19.3. The smallest absolute Gasteiger partial charge is 0.242 e. The van der Waals surface area contributed by atoms with Crippen LogP contribution < -0.4 is 0 Å². The third kappa shape index (κ3) is 2.66. The molecule has 2 aromatic heterocycles. The van der Waals surface area contributed by atoms with Crippen LogP contribution in [0.3, 0.4) is 0 Å². The minimum absolute atomic E-state index is 0.270. The topological polar surface area (TPSA) is 28.7 Å². The minimum atomic E-state index is -2.38. The van der Waals surface area contributed by atoms with Crippen LogP contribution in [-0.2, 0) is 6.42 Å². The van der Waals surface area contributed by atoms with Crippen LogP contribution in [0.15, 0.2) is 30.3 Å². The fourth-order valence-electron chi connectivity index (χ4n) is 2.73. The summed E-state index contributed by atoms with van der Waals surface area (Å²) >= 11 is 0. The Morgan fingerprint density at radius 2 is 1.95 bits per heavy atom. The van der Waals surface area contributed by atoms with Gasteiger partial charge in [0.2, 0.25) is 6.43 Å². The molecule has 0 unspecified atom stereocenters. The van der Waals surface area contributed by atoms with E-state index < -0.39 is 6.43 Å². The number of rotatable bonds is 3. The lowest BCUT2D eigenvalue weighted by Gasteiger charge is -2.07. The number of benzene rings is 1. The van der Waals surface area contributed by atoms with E-state index in [4.69, 9.17) is 0 Å². The van der Waals surface area contributed by atoms with Crippen LogP contribution in [0.25, 0.3) is 22.2 Å². The lowest BCUT2D eigenvalue weighted by atomic mass is 10.0. The van der Waals surface area contributed by atoms with Crippen LogP contribution in [0.2, 0.25) is 0 Å². The van der Waals surface area contributed by atoms with E-state index in [1.165, 1.54) is 0 Å². The molecule has 3 rings (SSSR count). The molecule has 0 saturated carbocycles. The molecule has 0 aliphatic rings. The molecule has 2 nitrogen and oxygen atoms in total. The Hall–Kier alpha value is -2.23.